The Balaban J connectivity index is 2.22. The lowest BCUT2D eigenvalue weighted by Gasteiger charge is -2.33. The highest BCUT2D eigenvalue weighted by molar-refractivity contribution is 7.99. The Morgan fingerprint density at radius 3 is 3.10 bits per heavy atom. The van der Waals surface area contributed by atoms with Crippen LogP contribution < -0.4 is 0 Å². The summed E-state index contributed by atoms with van der Waals surface area (Å²) < 4.78 is 5.04. The number of pyridine rings is 1. The summed E-state index contributed by atoms with van der Waals surface area (Å²) in [7, 11) is 0. The fraction of sp³-hybridized carbons (Fsp3) is 0.462. The maximum atomic E-state index is 12.5. The second-order valence-corrected chi connectivity index (χ2v) is 5.75. The van der Waals surface area contributed by atoms with Crippen LogP contribution in [0, 0.1) is 0 Å². The van der Waals surface area contributed by atoms with E-state index >= 15 is 0 Å². The van der Waals surface area contributed by atoms with Crippen LogP contribution in [0.5, 0.6) is 0 Å². The number of esters is 1. The second-order valence-electron chi connectivity index (χ2n) is 4.20. The average molecular weight is 315 g/mol. The van der Waals surface area contributed by atoms with Crippen LogP contribution in [-0.2, 0) is 9.53 Å². The molecule has 108 valence electrons. The average Bonchev–Trinajstić information content (AvgIpc) is 2.47. The van der Waals surface area contributed by atoms with Crippen LogP contribution in [0.1, 0.15) is 17.3 Å². The fourth-order valence-corrected chi connectivity index (χ4v) is 3.22. The monoisotopic (exact) mass is 314 g/mol. The Labute approximate surface area is 126 Å². The smallest absolute Gasteiger partial charge is 0.329 e. The summed E-state index contributed by atoms with van der Waals surface area (Å²) in [4.78, 5) is 29.9. The van der Waals surface area contributed by atoms with E-state index in [1.54, 1.807) is 24.8 Å². The summed E-state index contributed by atoms with van der Waals surface area (Å²) >= 11 is 7.63. The number of thioether (sulfide) groups is 1. The molecule has 2 rings (SSSR count). The van der Waals surface area contributed by atoms with Crippen molar-refractivity contribution in [3.63, 3.8) is 0 Å². The Bertz CT molecular complexity index is 512. The number of nitrogens with zero attached hydrogens (tertiary/aromatic N) is 2. The maximum absolute atomic E-state index is 12.5. The molecule has 0 aromatic carbocycles. The van der Waals surface area contributed by atoms with E-state index in [0.29, 0.717) is 29.5 Å². The molecule has 1 aromatic rings. The number of ether oxygens (including phenoxy) is 1. The summed E-state index contributed by atoms with van der Waals surface area (Å²) in [6, 6.07) is 1.01. The zero-order valence-corrected chi connectivity index (χ0v) is 12.6. The zero-order chi connectivity index (χ0) is 14.5. The lowest BCUT2D eigenvalue weighted by Crippen LogP contribution is -2.51. The van der Waals surface area contributed by atoms with Crippen molar-refractivity contribution in [2.75, 3.05) is 24.7 Å². The van der Waals surface area contributed by atoms with Gasteiger partial charge in [0.05, 0.1) is 17.2 Å². The molecule has 0 N–H and O–H groups in total. The standard InChI is InChI=1S/C13H15ClN2O3S/c1-2-19-13(18)11-8-20-6-5-16(11)12(17)9-3-4-15-7-10(9)14/h3-4,7,11H,2,5-6,8H2,1H3. The van der Waals surface area contributed by atoms with Gasteiger partial charge in [-0.25, -0.2) is 4.79 Å². The molecule has 2 heterocycles. The Kier molecular flexibility index (Phi) is 5.25. The SMILES string of the molecule is CCOC(=O)C1CSCCN1C(=O)c1ccncc1Cl. The third-order valence-corrected chi connectivity index (χ3v) is 4.27. The van der Waals surface area contributed by atoms with Gasteiger partial charge in [-0.05, 0) is 13.0 Å². The summed E-state index contributed by atoms with van der Waals surface area (Å²) in [5.41, 5.74) is 0.364. The van der Waals surface area contributed by atoms with E-state index in [9.17, 15) is 9.59 Å². The maximum Gasteiger partial charge on any atom is 0.329 e. The van der Waals surface area contributed by atoms with Gasteiger partial charge < -0.3 is 9.64 Å². The number of carbonyl (C=O) groups is 2. The molecule has 20 heavy (non-hydrogen) atoms. The van der Waals surface area contributed by atoms with Crippen LogP contribution in [-0.4, -0.2) is 52.5 Å². The number of carbonyl (C=O) groups excluding carboxylic acids is 2. The third-order valence-electron chi connectivity index (χ3n) is 2.95. The largest absolute Gasteiger partial charge is 0.464 e. The molecule has 1 saturated heterocycles. The Hall–Kier alpha value is -1.27. The van der Waals surface area contributed by atoms with Crippen molar-refractivity contribution in [2.24, 2.45) is 0 Å². The number of rotatable bonds is 3. The van der Waals surface area contributed by atoms with Crippen LogP contribution in [0.25, 0.3) is 0 Å². The van der Waals surface area contributed by atoms with Crippen molar-refractivity contribution in [1.29, 1.82) is 0 Å². The van der Waals surface area contributed by atoms with Crippen molar-refractivity contribution in [2.45, 2.75) is 13.0 Å². The van der Waals surface area contributed by atoms with Gasteiger partial charge in [-0.15, -0.1) is 0 Å². The van der Waals surface area contributed by atoms with Crippen molar-refractivity contribution in [3.05, 3.63) is 29.0 Å². The highest BCUT2D eigenvalue weighted by Crippen LogP contribution is 2.23. The summed E-state index contributed by atoms with van der Waals surface area (Å²) in [6.45, 7) is 2.56. The lowest BCUT2D eigenvalue weighted by molar-refractivity contribution is -0.147. The van der Waals surface area contributed by atoms with Gasteiger partial charge in [0.15, 0.2) is 0 Å². The number of amides is 1. The summed E-state index contributed by atoms with van der Waals surface area (Å²) in [5, 5.41) is 0.290. The Morgan fingerprint density at radius 2 is 2.40 bits per heavy atom. The minimum Gasteiger partial charge on any atom is -0.464 e. The van der Waals surface area contributed by atoms with Gasteiger partial charge in [-0.2, -0.15) is 11.8 Å². The number of hydrogen-bond donors (Lipinski definition) is 0. The summed E-state index contributed by atoms with van der Waals surface area (Å²) in [6.07, 6.45) is 2.93. The van der Waals surface area contributed by atoms with Gasteiger partial charge in [0.2, 0.25) is 0 Å². The zero-order valence-electron chi connectivity index (χ0n) is 11.0. The van der Waals surface area contributed by atoms with Crippen LogP contribution >= 0.6 is 23.4 Å². The molecule has 1 amide bonds. The first-order valence-electron chi connectivity index (χ1n) is 6.30. The topological polar surface area (TPSA) is 59.5 Å². The molecule has 0 bridgehead atoms. The van der Waals surface area contributed by atoms with E-state index in [-0.39, 0.29) is 11.9 Å². The molecule has 1 atom stereocenters. The first kappa shape index (κ1) is 15.1. The molecule has 7 heteroatoms. The highest BCUT2D eigenvalue weighted by Gasteiger charge is 2.34. The quantitative estimate of drug-likeness (QED) is 0.797. The highest BCUT2D eigenvalue weighted by atomic mass is 35.5. The minimum absolute atomic E-state index is 0.254. The predicted molar refractivity (Wildman–Crippen MR) is 78.0 cm³/mol. The van der Waals surface area contributed by atoms with Gasteiger partial charge in [-0.1, -0.05) is 11.6 Å². The van der Waals surface area contributed by atoms with Gasteiger partial charge in [0.25, 0.3) is 5.91 Å². The van der Waals surface area contributed by atoms with E-state index in [0.717, 1.165) is 5.75 Å². The van der Waals surface area contributed by atoms with Crippen LogP contribution in [0.2, 0.25) is 5.02 Å². The fourth-order valence-electron chi connectivity index (χ4n) is 1.98. The van der Waals surface area contributed by atoms with E-state index in [1.807, 2.05) is 0 Å². The van der Waals surface area contributed by atoms with Gasteiger partial charge in [0.1, 0.15) is 6.04 Å². The van der Waals surface area contributed by atoms with Crippen LogP contribution in [0.15, 0.2) is 18.5 Å². The first-order chi connectivity index (χ1) is 9.65. The van der Waals surface area contributed by atoms with Gasteiger partial charge in [-0.3, -0.25) is 9.78 Å². The molecule has 1 fully saturated rings. The van der Waals surface area contributed by atoms with Crippen molar-refractivity contribution in [3.8, 4) is 0 Å². The molecule has 5 nitrogen and oxygen atoms in total. The molecular weight excluding hydrogens is 300 g/mol. The minimum atomic E-state index is -0.551. The first-order valence-corrected chi connectivity index (χ1v) is 7.83. The van der Waals surface area contributed by atoms with Gasteiger partial charge >= 0.3 is 5.97 Å². The van der Waals surface area contributed by atoms with E-state index in [4.69, 9.17) is 16.3 Å². The van der Waals surface area contributed by atoms with Crippen molar-refractivity contribution >= 4 is 35.2 Å². The van der Waals surface area contributed by atoms with Crippen molar-refractivity contribution in [1.82, 2.24) is 9.88 Å². The van der Waals surface area contributed by atoms with Gasteiger partial charge in [0, 0.05) is 30.4 Å². The number of hydrogen-bond acceptors (Lipinski definition) is 5. The Morgan fingerprint density at radius 1 is 1.60 bits per heavy atom. The normalized spacial score (nSPS) is 18.7. The van der Waals surface area contributed by atoms with E-state index in [2.05, 4.69) is 4.98 Å². The summed E-state index contributed by atoms with van der Waals surface area (Å²) in [5.74, 6) is 0.728. The predicted octanol–water partition coefficient (Wildman–Crippen LogP) is 1.86. The van der Waals surface area contributed by atoms with Crippen LogP contribution in [0.4, 0.5) is 0 Å². The molecule has 1 unspecified atom stereocenters. The molecule has 0 aliphatic carbocycles. The second kappa shape index (κ2) is 6.95. The number of halogens is 1. The molecule has 0 saturated carbocycles. The van der Waals surface area contributed by atoms with E-state index in [1.165, 1.54) is 17.3 Å². The molecule has 1 aliphatic heterocycles. The van der Waals surface area contributed by atoms with Crippen LogP contribution in [0.3, 0.4) is 0 Å². The lowest BCUT2D eigenvalue weighted by atomic mass is 10.2. The molecular formula is C13H15ClN2O3S. The molecule has 0 radical (unpaired) electrons. The molecule has 0 spiro atoms. The van der Waals surface area contributed by atoms with Crippen molar-refractivity contribution < 1.29 is 14.3 Å². The van der Waals surface area contributed by atoms with E-state index < -0.39 is 6.04 Å². The third kappa shape index (κ3) is 3.24. The number of aromatic nitrogens is 1. The molecule has 1 aliphatic rings. The molecule has 1 aromatic heterocycles.